The van der Waals surface area contributed by atoms with E-state index in [1.807, 2.05) is 13.8 Å². The number of hydrogen-bond donors (Lipinski definition) is 3. The van der Waals surface area contributed by atoms with Gasteiger partial charge in [-0.15, -0.1) is 0 Å². The molecule has 10 nitrogen and oxygen atoms in total. The van der Waals surface area contributed by atoms with Gasteiger partial charge in [0.1, 0.15) is 23.3 Å². The largest absolute Gasteiger partial charge is 0.491 e. The van der Waals surface area contributed by atoms with Crippen molar-refractivity contribution in [2.24, 2.45) is 5.73 Å². The van der Waals surface area contributed by atoms with Crippen molar-refractivity contribution in [2.75, 3.05) is 18.6 Å². The number of hydrogen-bond acceptors (Lipinski definition) is 6. The van der Waals surface area contributed by atoms with Crippen molar-refractivity contribution in [1.29, 1.82) is 0 Å². The summed E-state index contributed by atoms with van der Waals surface area (Å²) < 4.78 is 8.72. The van der Waals surface area contributed by atoms with Crippen molar-refractivity contribution in [1.82, 2.24) is 19.4 Å². The fourth-order valence-electron chi connectivity index (χ4n) is 2.83. The van der Waals surface area contributed by atoms with Crippen LogP contribution in [0.2, 0.25) is 0 Å². The Bertz CT molecular complexity index is 1020. The van der Waals surface area contributed by atoms with E-state index >= 15 is 0 Å². The van der Waals surface area contributed by atoms with Crippen molar-refractivity contribution in [3.05, 3.63) is 41.5 Å². The number of benzene rings is 1. The van der Waals surface area contributed by atoms with Gasteiger partial charge in [0.05, 0.1) is 17.8 Å². The molecule has 0 radical (unpaired) electrons. The van der Waals surface area contributed by atoms with Crippen molar-refractivity contribution in [3.63, 3.8) is 0 Å². The number of fused-ring (bicyclic) bond motifs is 1. The zero-order valence-corrected chi connectivity index (χ0v) is 15.7. The zero-order valence-electron chi connectivity index (χ0n) is 15.7. The molecular formula is C18H22N6O4. The average Bonchev–Trinajstić information content (AvgIpc) is 3.25. The van der Waals surface area contributed by atoms with Crippen LogP contribution in [0.1, 0.15) is 39.9 Å². The van der Waals surface area contributed by atoms with Crippen LogP contribution in [0.25, 0.3) is 11.0 Å². The monoisotopic (exact) mass is 386 g/mol. The minimum Gasteiger partial charge on any atom is -0.491 e. The topological polar surface area (TPSA) is 137 Å². The second-order valence-corrected chi connectivity index (χ2v) is 6.17. The molecule has 148 valence electrons. The number of aromatic nitrogens is 4. The third-order valence-corrected chi connectivity index (χ3v) is 4.11. The summed E-state index contributed by atoms with van der Waals surface area (Å²) in [5, 5.41) is 13.2. The van der Waals surface area contributed by atoms with E-state index < -0.39 is 5.91 Å². The second-order valence-electron chi connectivity index (χ2n) is 6.17. The van der Waals surface area contributed by atoms with Gasteiger partial charge < -0.3 is 15.6 Å². The van der Waals surface area contributed by atoms with Crippen molar-refractivity contribution in [3.8, 4) is 5.75 Å². The van der Waals surface area contributed by atoms with Gasteiger partial charge >= 0.3 is 0 Å². The summed E-state index contributed by atoms with van der Waals surface area (Å²) in [7, 11) is 0. The molecule has 0 aliphatic heterocycles. The molecule has 4 N–H and O–H groups in total. The summed E-state index contributed by atoms with van der Waals surface area (Å²) in [4.78, 5) is 28.5. The van der Waals surface area contributed by atoms with E-state index in [1.54, 1.807) is 10.7 Å². The lowest BCUT2D eigenvalue weighted by molar-refractivity contribution is 0.0990. The van der Waals surface area contributed by atoms with Crippen molar-refractivity contribution < 1.29 is 19.4 Å². The van der Waals surface area contributed by atoms with Gasteiger partial charge in [0.2, 0.25) is 5.91 Å². The molecule has 0 fully saturated rings. The molecule has 2 heterocycles. The fraction of sp³-hybridized carbons (Fsp3) is 0.333. The summed E-state index contributed by atoms with van der Waals surface area (Å²) in [5.74, 6) is -0.644. The molecule has 0 saturated heterocycles. The SMILES string of the molecule is CCn1nc(C)cc1C(=O)Nn1cnc2cc(C(N)=O)cc(OCCCO)c21. The Hall–Kier alpha value is -3.40. The molecule has 10 heteroatoms. The first-order valence-electron chi connectivity index (χ1n) is 8.85. The summed E-state index contributed by atoms with van der Waals surface area (Å²) in [6, 6.07) is 4.72. The van der Waals surface area contributed by atoms with Crippen LogP contribution in [0.4, 0.5) is 0 Å². The maximum Gasteiger partial charge on any atom is 0.288 e. The normalized spacial score (nSPS) is 11.0. The molecule has 0 unspecified atom stereocenters. The molecule has 0 bridgehead atoms. The van der Waals surface area contributed by atoms with E-state index in [-0.39, 0.29) is 24.7 Å². The number of nitrogens with one attached hydrogen (secondary N) is 1. The molecule has 0 aliphatic rings. The van der Waals surface area contributed by atoms with Gasteiger partial charge in [-0.2, -0.15) is 5.10 Å². The van der Waals surface area contributed by atoms with Crippen LogP contribution in [-0.2, 0) is 6.54 Å². The Morgan fingerprint density at radius 3 is 2.79 bits per heavy atom. The maximum atomic E-state index is 12.7. The number of aliphatic hydroxyl groups excluding tert-OH is 1. The molecule has 2 amide bonds. The molecule has 3 rings (SSSR count). The molecular weight excluding hydrogens is 364 g/mol. The Balaban J connectivity index is 1.98. The lowest BCUT2D eigenvalue weighted by atomic mass is 10.1. The Morgan fingerprint density at radius 1 is 1.32 bits per heavy atom. The van der Waals surface area contributed by atoms with Crippen molar-refractivity contribution in [2.45, 2.75) is 26.8 Å². The molecule has 3 aromatic rings. The van der Waals surface area contributed by atoms with E-state index in [2.05, 4.69) is 15.5 Å². The molecule has 2 aromatic heterocycles. The predicted molar refractivity (Wildman–Crippen MR) is 102 cm³/mol. The van der Waals surface area contributed by atoms with Crippen molar-refractivity contribution >= 4 is 22.8 Å². The molecule has 0 atom stereocenters. The average molecular weight is 386 g/mol. The van der Waals surface area contributed by atoms with Gasteiger partial charge in [-0.25, -0.2) is 9.66 Å². The lowest BCUT2D eigenvalue weighted by Gasteiger charge is -2.12. The van der Waals surface area contributed by atoms with Gasteiger partial charge in [0, 0.05) is 25.1 Å². The van der Waals surface area contributed by atoms with Crippen LogP contribution >= 0.6 is 0 Å². The van der Waals surface area contributed by atoms with Crippen LogP contribution in [0, 0.1) is 6.92 Å². The molecule has 1 aromatic carbocycles. The summed E-state index contributed by atoms with van der Waals surface area (Å²) in [6.45, 7) is 4.46. The highest BCUT2D eigenvalue weighted by Gasteiger charge is 2.18. The number of carbonyl (C=O) groups is 2. The number of ether oxygens (including phenoxy) is 1. The number of imidazole rings is 1. The highest BCUT2D eigenvalue weighted by molar-refractivity contribution is 6.01. The lowest BCUT2D eigenvalue weighted by Crippen LogP contribution is -2.25. The van der Waals surface area contributed by atoms with Crippen LogP contribution in [0.5, 0.6) is 5.75 Å². The van der Waals surface area contributed by atoms with Gasteiger partial charge in [0.25, 0.3) is 5.91 Å². The number of nitrogens with zero attached hydrogens (tertiary/aromatic N) is 4. The number of nitrogens with two attached hydrogens (primary N) is 1. The van der Waals surface area contributed by atoms with E-state index in [4.69, 9.17) is 15.6 Å². The van der Waals surface area contributed by atoms with E-state index in [1.165, 1.54) is 23.1 Å². The molecule has 0 aliphatic carbocycles. The summed E-state index contributed by atoms with van der Waals surface area (Å²) in [5.41, 5.74) is 10.4. The zero-order chi connectivity index (χ0) is 20.3. The first kappa shape index (κ1) is 19.4. The van der Waals surface area contributed by atoms with E-state index in [0.717, 1.165) is 5.69 Å². The summed E-state index contributed by atoms with van der Waals surface area (Å²) in [6.07, 6.45) is 1.84. The fourth-order valence-corrected chi connectivity index (χ4v) is 2.83. The van der Waals surface area contributed by atoms with Gasteiger partial charge in [-0.05, 0) is 32.0 Å². The number of carbonyl (C=O) groups excluding carboxylic acids is 2. The number of aliphatic hydroxyl groups is 1. The predicted octanol–water partition coefficient (Wildman–Crippen LogP) is 0.805. The molecule has 0 saturated carbocycles. The van der Waals surface area contributed by atoms with Gasteiger partial charge in [-0.3, -0.25) is 19.7 Å². The number of rotatable bonds is 8. The van der Waals surface area contributed by atoms with E-state index in [9.17, 15) is 9.59 Å². The highest BCUT2D eigenvalue weighted by atomic mass is 16.5. The van der Waals surface area contributed by atoms with Crippen LogP contribution in [-0.4, -0.2) is 49.6 Å². The Kier molecular flexibility index (Phi) is 5.59. The maximum absolute atomic E-state index is 12.7. The standard InChI is InChI=1S/C18H22N6O4/c1-3-23-14(7-11(2)21-23)18(27)22-24-10-20-13-8-12(17(19)26)9-15(16(13)24)28-6-4-5-25/h7-10,25H,3-6H2,1-2H3,(H2,19,26)(H,22,27). The smallest absolute Gasteiger partial charge is 0.288 e. The molecule has 28 heavy (non-hydrogen) atoms. The van der Waals surface area contributed by atoms with Crippen LogP contribution < -0.4 is 15.9 Å². The number of primary amides is 1. The van der Waals surface area contributed by atoms with Crippen LogP contribution in [0.15, 0.2) is 24.5 Å². The third-order valence-electron chi connectivity index (χ3n) is 4.11. The first-order chi connectivity index (χ1) is 13.4. The van der Waals surface area contributed by atoms with Crippen LogP contribution in [0.3, 0.4) is 0 Å². The highest BCUT2D eigenvalue weighted by Crippen LogP contribution is 2.27. The van der Waals surface area contributed by atoms with Gasteiger partial charge in [0.15, 0.2) is 0 Å². The second kappa shape index (κ2) is 8.09. The molecule has 0 spiro atoms. The third kappa shape index (κ3) is 3.81. The summed E-state index contributed by atoms with van der Waals surface area (Å²) >= 11 is 0. The number of amides is 2. The Labute approximate surface area is 160 Å². The van der Waals surface area contributed by atoms with E-state index in [0.29, 0.717) is 35.4 Å². The Morgan fingerprint density at radius 2 is 2.11 bits per heavy atom. The quantitative estimate of drug-likeness (QED) is 0.490. The minimum absolute atomic E-state index is 0.0327. The first-order valence-corrected chi connectivity index (χ1v) is 8.85. The minimum atomic E-state index is -0.616. The van der Waals surface area contributed by atoms with Gasteiger partial charge in [-0.1, -0.05) is 0 Å². The number of aryl methyl sites for hydroxylation is 2.